The molecule has 1 aliphatic rings. The standard InChI is InChI=1S/C19H32N4O/c1-15(17-8-6-7-9-18(17)21(2)3)20-16-10-12-23(13-11-16)14-19(24)22(4)5/h6-9,15-16,20H,10-14H2,1-5H3. The lowest BCUT2D eigenvalue weighted by atomic mass is 10.0. The largest absolute Gasteiger partial charge is 0.377 e. The predicted octanol–water partition coefficient (Wildman–Crippen LogP) is 1.96. The number of likely N-dealkylation sites (tertiary alicyclic amines) is 1. The summed E-state index contributed by atoms with van der Waals surface area (Å²) in [4.78, 5) is 17.9. The van der Waals surface area contributed by atoms with Crippen LogP contribution in [-0.4, -0.2) is 69.6 Å². The number of hydrogen-bond donors (Lipinski definition) is 1. The van der Waals surface area contributed by atoms with Crippen molar-refractivity contribution in [2.75, 3.05) is 52.7 Å². The van der Waals surface area contributed by atoms with Crippen LogP contribution in [-0.2, 0) is 4.79 Å². The second-order valence-corrected chi connectivity index (χ2v) is 7.18. The van der Waals surface area contributed by atoms with Gasteiger partial charge in [0.1, 0.15) is 0 Å². The van der Waals surface area contributed by atoms with Crippen molar-refractivity contribution in [2.24, 2.45) is 0 Å². The van der Waals surface area contributed by atoms with Crippen molar-refractivity contribution in [2.45, 2.75) is 31.8 Å². The van der Waals surface area contributed by atoms with Crippen molar-refractivity contribution in [3.63, 3.8) is 0 Å². The number of anilines is 1. The number of hydrogen-bond acceptors (Lipinski definition) is 4. The number of carbonyl (C=O) groups excluding carboxylic acids is 1. The fraction of sp³-hybridized carbons (Fsp3) is 0.632. The van der Waals surface area contributed by atoms with E-state index < -0.39 is 0 Å². The summed E-state index contributed by atoms with van der Waals surface area (Å²) in [5, 5.41) is 3.78. The highest BCUT2D eigenvalue weighted by molar-refractivity contribution is 5.77. The normalized spacial score (nSPS) is 17.5. The fourth-order valence-corrected chi connectivity index (χ4v) is 3.29. The van der Waals surface area contributed by atoms with Gasteiger partial charge >= 0.3 is 0 Å². The molecule has 24 heavy (non-hydrogen) atoms. The van der Waals surface area contributed by atoms with E-state index in [1.165, 1.54) is 11.3 Å². The number of rotatable bonds is 6. The number of nitrogens with one attached hydrogen (secondary N) is 1. The second-order valence-electron chi connectivity index (χ2n) is 7.18. The summed E-state index contributed by atoms with van der Waals surface area (Å²) in [5.41, 5.74) is 2.61. The molecule has 0 radical (unpaired) electrons. The molecule has 1 atom stereocenters. The van der Waals surface area contributed by atoms with Crippen molar-refractivity contribution in [3.05, 3.63) is 29.8 Å². The van der Waals surface area contributed by atoms with Crippen LogP contribution in [0.5, 0.6) is 0 Å². The molecule has 1 saturated heterocycles. The fourth-order valence-electron chi connectivity index (χ4n) is 3.29. The molecule has 1 unspecified atom stereocenters. The van der Waals surface area contributed by atoms with Gasteiger partial charge in [-0.25, -0.2) is 0 Å². The molecule has 1 amide bonds. The van der Waals surface area contributed by atoms with Crippen LogP contribution >= 0.6 is 0 Å². The number of nitrogens with zero attached hydrogens (tertiary/aromatic N) is 3. The molecule has 0 bridgehead atoms. The first kappa shape index (κ1) is 18.7. The molecule has 0 saturated carbocycles. The molecular formula is C19H32N4O. The zero-order chi connectivity index (χ0) is 17.7. The molecule has 0 spiro atoms. The van der Waals surface area contributed by atoms with Crippen LogP contribution in [0, 0.1) is 0 Å². The Labute approximate surface area is 146 Å². The molecule has 5 heteroatoms. The first-order valence-electron chi connectivity index (χ1n) is 8.83. The third-order valence-electron chi connectivity index (χ3n) is 4.82. The molecule has 1 aliphatic heterocycles. The summed E-state index contributed by atoms with van der Waals surface area (Å²) in [6.45, 7) is 4.75. The van der Waals surface area contributed by atoms with Crippen LogP contribution < -0.4 is 10.2 Å². The van der Waals surface area contributed by atoms with Gasteiger partial charge in [0, 0.05) is 59.1 Å². The third kappa shape index (κ3) is 4.95. The monoisotopic (exact) mass is 332 g/mol. The van der Waals surface area contributed by atoms with Gasteiger partial charge in [0.15, 0.2) is 0 Å². The number of piperidine rings is 1. The molecule has 0 aliphatic carbocycles. The Kier molecular flexibility index (Phi) is 6.63. The van der Waals surface area contributed by atoms with Crippen LogP contribution in [0.15, 0.2) is 24.3 Å². The van der Waals surface area contributed by atoms with Gasteiger partial charge in [-0.05, 0) is 31.4 Å². The van der Waals surface area contributed by atoms with E-state index in [0.29, 0.717) is 18.6 Å². The first-order valence-corrected chi connectivity index (χ1v) is 8.83. The maximum Gasteiger partial charge on any atom is 0.236 e. The smallest absolute Gasteiger partial charge is 0.236 e. The summed E-state index contributed by atoms with van der Waals surface area (Å²) in [6, 6.07) is 9.41. The molecule has 2 rings (SSSR count). The minimum Gasteiger partial charge on any atom is -0.377 e. The van der Waals surface area contributed by atoms with E-state index in [2.05, 4.69) is 60.4 Å². The van der Waals surface area contributed by atoms with E-state index in [4.69, 9.17) is 0 Å². The summed E-state index contributed by atoms with van der Waals surface area (Å²) in [5.74, 6) is 0.190. The zero-order valence-corrected chi connectivity index (χ0v) is 15.7. The van der Waals surface area contributed by atoms with Gasteiger partial charge in [-0.3, -0.25) is 9.69 Å². The van der Waals surface area contributed by atoms with E-state index in [1.54, 1.807) is 4.90 Å². The van der Waals surface area contributed by atoms with Crippen molar-refractivity contribution >= 4 is 11.6 Å². The Morgan fingerprint density at radius 2 is 1.83 bits per heavy atom. The van der Waals surface area contributed by atoms with Gasteiger partial charge in [-0.1, -0.05) is 18.2 Å². The Bertz CT molecular complexity index is 536. The van der Waals surface area contributed by atoms with Gasteiger partial charge in [0.05, 0.1) is 6.54 Å². The summed E-state index contributed by atoms with van der Waals surface area (Å²) < 4.78 is 0. The summed E-state index contributed by atoms with van der Waals surface area (Å²) >= 11 is 0. The van der Waals surface area contributed by atoms with Crippen LogP contribution in [0.25, 0.3) is 0 Å². The van der Waals surface area contributed by atoms with Crippen molar-refractivity contribution in [1.82, 2.24) is 15.1 Å². The maximum atomic E-state index is 11.8. The maximum absolute atomic E-state index is 11.8. The SMILES string of the molecule is CC(NC1CCN(CC(=O)N(C)C)CC1)c1ccccc1N(C)C. The quantitative estimate of drug-likeness (QED) is 0.864. The topological polar surface area (TPSA) is 38.8 Å². The average Bonchev–Trinajstić information content (AvgIpc) is 2.56. The predicted molar refractivity (Wildman–Crippen MR) is 100 cm³/mol. The van der Waals surface area contributed by atoms with Crippen molar-refractivity contribution in [1.29, 1.82) is 0 Å². The van der Waals surface area contributed by atoms with Crippen LogP contribution in [0.1, 0.15) is 31.4 Å². The molecular weight excluding hydrogens is 300 g/mol. The number of amides is 1. The molecule has 1 N–H and O–H groups in total. The molecule has 1 aromatic carbocycles. The van der Waals surface area contributed by atoms with Gasteiger partial charge in [-0.2, -0.15) is 0 Å². The van der Waals surface area contributed by atoms with Gasteiger partial charge in [-0.15, -0.1) is 0 Å². The van der Waals surface area contributed by atoms with E-state index in [-0.39, 0.29) is 5.91 Å². The third-order valence-corrected chi connectivity index (χ3v) is 4.82. The van der Waals surface area contributed by atoms with E-state index in [0.717, 1.165) is 25.9 Å². The van der Waals surface area contributed by atoms with Crippen molar-refractivity contribution < 1.29 is 4.79 Å². The highest BCUT2D eigenvalue weighted by Crippen LogP contribution is 2.26. The van der Waals surface area contributed by atoms with E-state index in [9.17, 15) is 4.79 Å². The lowest BCUT2D eigenvalue weighted by Gasteiger charge is -2.34. The van der Waals surface area contributed by atoms with E-state index in [1.807, 2.05) is 14.1 Å². The lowest BCUT2D eigenvalue weighted by Crippen LogP contribution is -2.46. The Morgan fingerprint density at radius 1 is 1.21 bits per heavy atom. The summed E-state index contributed by atoms with van der Waals surface area (Å²) in [7, 11) is 7.82. The lowest BCUT2D eigenvalue weighted by molar-refractivity contribution is -0.130. The Morgan fingerprint density at radius 3 is 2.42 bits per heavy atom. The molecule has 5 nitrogen and oxygen atoms in total. The molecule has 134 valence electrons. The second kappa shape index (κ2) is 8.49. The highest BCUT2D eigenvalue weighted by Gasteiger charge is 2.23. The van der Waals surface area contributed by atoms with Gasteiger partial charge in [0.25, 0.3) is 0 Å². The minimum atomic E-state index is 0.190. The minimum absolute atomic E-state index is 0.190. The Balaban J connectivity index is 1.87. The van der Waals surface area contributed by atoms with Crippen LogP contribution in [0.2, 0.25) is 0 Å². The summed E-state index contributed by atoms with van der Waals surface area (Å²) in [6.07, 6.45) is 2.18. The van der Waals surface area contributed by atoms with Gasteiger partial charge < -0.3 is 15.1 Å². The number of para-hydroxylation sites is 1. The number of benzene rings is 1. The van der Waals surface area contributed by atoms with Crippen LogP contribution in [0.4, 0.5) is 5.69 Å². The number of likely N-dealkylation sites (N-methyl/N-ethyl adjacent to an activating group) is 1. The zero-order valence-electron chi connectivity index (χ0n) is 15.7. The Hall–Kier alpha value is -1.59. The highest BCUT2D eigenvalue weighted by atomic mass is 16.2. The molecule has 1 heterocycles. The van der Waals surface area contributed by atoms with Crippen LogP contribution in [0.3, 0.4) is 0 Å². The molecule has 0 aromatic heterocycles. The number of carbonyl (C=O) groups is 1. The average molecular weight is 332 g/mol. The van der Waals surface area contributed by atoms with Gasteiger partial charge in [0.2, 0.25) is 5.91 Å². The van der Waals surface area contributed by atoms with E-state index >= 15 is 0 Å². The first-order chi connectivity index (χ1) is 11.4. The molecule has 1 aromatic rings. The van der Waals surface area contributed by atoms with Crippen molar-refractivity contribution in [3.8, 4) is 0 Å². The molecule has 1 fully saturated rings.